The van der Waals surface area contributed by atoms with E-state index < -0.39 is 12.1 Å². The Morgan fingerprint density at radius 2 is 1.66 bits per heavy atom. The summed E-state index contributed by atoms with van der Waals surface area (Å²) in [5, 5.41) is 0.855. The number of Topliss-reactive ketones (excluding diaryl/α,β-unsaturated/α-hetero) is 1. The fourth-order valence-corrected chi connectivity index (χ4v) is 7.29. The molecule has 7 nitrogen and oxygen atoms in total. The van der Waals surface area contributed by atoms with Gasteiger partial charge in [-0.25, -0.2) is 9.78 Å². The summed E-state index contributed by atoms with van der Waals surface area (Å²) in [4.78, 5) is 59.3. The Kier molecular flexibility index (Phi) is 6.74. The van der Waals surface area contributed by atoms with Gasteiger partial charge < -0.3 is 4.74 Å². The molecule has 2 fully saturated rings. The van der Waals surface area contributed by atoms with Gasteiger partial charge in [-0.1, -0.05) is 77.3 Å². The predicted molar refractivity (Wildman–Crippen MR) is 167 cm³/mol. The second kappa shape index (κ2) is 10.5. The number of carbonyl (C=O) groups is 4. The molecule has 0 radical (unpaired) electrons. The van der Waals surface area contributed by atoms with Gasteiger partial charge in [0.15, 0.2) is 6.10 Å². The van der Waals surface area contributed by atoms with Crippen LogP contribution in [0.5, 0.6) is 0 Å². The van der Waals surface area contributed by atoms with Gasteiger partial charge in [-0.05, 0) is 63.3 Å². The minimum Gasteiger partial charge on any atom is -0.451 e. The predicted octanol–water partition coefficient (Wildman–Crippen LogP) is 6.99. The molecule has 1 saturated heterocycles. The zero-order chi connectivity index (χ0) is 30.9. The number of hydrogen-bond donors (Lipinski definition) is 0. The first-order valence-corrected chi connectivity index (χ1v) is 15.1. The van der Waals surface area contributed by atoms with Crippen LogP contribution in [0.3, 0.4) is 0 Å². The first kappa shape index (κ1) is 28.2. The highest BCUT2D eigenvalue weighted by atomic mass is 35.5. The molecule has 1 aromatic heterocycles. The first-order chi connectivity index (χ1) is 21.1. The Morgan fingerprint density at radius 3 is 2.39 bits per heavy atom. The molecule has 220 valence electrons. The Bertz CT molecular complexity index is 1910. The van der Waals surface area contributed by atoms with Gasteiger partial charge in [-0.2, -0.15) is 0 Å². The molecule has 8 heteroatoms. The van der Waals surface area contributed by atoms with Crippen molar-refractivity contribution in [1.82, 2.24) is 4.98 Å². The van der Waals surface area contributed by atoms with E-state index in [0.29, 0.717) is 38.4 Å². The lowest BCUT2D eigenvalue weighted by Crippen LogP contribution is -2.32. The smallest absolute Gasteiger partial charge is 0.339 e. The molecule has 3 aromatic carbocycles. The van der Waals surface area contributed by atoms with Gasteiger partial charge in [0.1, 0.15) is 0 Å². The van der Waals surface area contributed by atoms with Crippen LogP contribution in [0.15, 0.2) is 84.4 Å². The van der Waals surface area contributed by atoms with Crippen LogP contribution in [0.1, 0.15) is 46.5 Å². The summed E-state index contributed by atoms with van der Waals surface area (Å²) in [7, 11) is 0. The molecule has 5 unspecified atom stereocenters. The van der Waals surface area contributed by atoms with Crippen molar-refractivity contribution in [3.63, 3.8) is 0 Å². The molecule has 2 aliphatic carbocycles. The highest BCUT2D eigenvalue weighted by Gasteiger charge is 2.60. The van der Waals surface area contributed by atoms with Crippen LogP contribution < -0.4 is 4.90 Å². The number of para-hydroxylation sites is 1. The van der Waals surface area contributed by atoms with E-state index in [4.69, 9.17) is 21.3 Å². The fourth-order valence-electron chi connectivity index (χ4n) is 7.07. The number of anilines is 1. The number of hydrogen-bond acceptors (Lipinski definition) is 6. The van der Waals surface area contributed by atoms with Crippen molar-refractivity contribution in [1.29, 1.82) is 0 Å². The van der Waals surface area contributed by atoms with Gasteiger partial charge in [-0.3, -0.25) is 19.3 Å². The van der Waals surface area contributed by atoms with E-state index >= 15 is 0 Å². The number of nitrogens with zero attached hydrogens (tertiary/aromatic N) is 2. The van der Waals surface area contributed by atoms with Crippen LogP contribution in [0, 0.1) is 30.6 Å². The zero-order valence-electron chi connectivity index (χ0n) is 24.4. The lowest BCUT2D eigenvalue weighted by atomic mass is 9.82. The molecule has 2 heterocycles. The summed E-state index contributed by atoms with van der Waals surface area (Å²) < 4.78 is 5.65. The number of allylic oxidation sites excluding steroid dienone is 2. The number of imide groups is 1. The summed E-state index contributed by atoms with van der Waals surface area (Å²) in [6.07, 6.45) is 2.02. The van der Waals surface area contributed by atoms with Crippen molar-refractivity contribution in [3.8, 4) is 11.3 Å². The second-order valence-corrected chi connectivity index (χ2v) is 12.4. The Hall–Kier alpha value is -4.62. The molecular weight excluding hydrogens is 576 g/mol. The Labute approximate surface area is 259 Å². The number of benzene rings is 3. The number of ketones is 1. The summed E-state index contributed by atoms with van der Waals surface area (Å²) in [5.41, 5.74) is 4.94. The summed E-state index contributed by atoms with van der Waals surface area (Å²) in [6.45, 7) is 5.53. The topological polar surface area (TPSA) is 93.6 Å². The van der Waals surface area contributed by atoms with Crippen molar-refractivity contribution < 1.29 is 23.9 Å². The number of carbonyl (C=O) groups excluding carboxylic acids is 4. The van der Waals surface area contributed by atoms with Crippen LogP contribution in [0.2, 0.25) is 5.02 Å². The van der Waals surface area contributed by atoms with E-state index in [9.17, 15) is 19.2 Å². The molecule has 0 spiro atoms. The van der Waals surface area contributed by atoms with Crippen molar-refractivity contribution in [2.24, 2.45) is 23.7 Å². The third-order valence-corrected chi connectivity index (χ3v) is 9.61. The van der Waals surface area contributed by atoms with Crippen molar-refractivity contribution in [2.75, 3.05) is 4.90 Å². The SMILES string of the molecule is CC1=CC2CC1C1C(=O)N(c3ccc(-c4cc(C(=O)OC(C)C(=O)c5ccc(C)cc5)c5cccc(Cl)c5n4)cc3)C(=O)C21. The average molecular weight is 605 g/mol. The molecule has 1 aliphatic heterocycles. The molecule has 2 amide bonds. The highest BCUT2D eigenvalue weighted by molar-refractivity contribution is 6.35. The van der Waals surface area contributed by atoms with Gasteiger partial charge in [0, 0.05) is 16.5 Å². The number of halogens is 1. The molecule has 5 atom stereocenters. The first-order valence-electron chi connectivity index (χ1n) is 14.7. The number of pyridine rings is 1. The van der Waals surface area contributed by atoms with Crippen LogP contribution in [-0.2, 0) is 14.3 Å². The van der Waals surface area contributed by atoms with E-state index in [-0.39, 0.29) is 46.8 Å². The molecule has 4 aromatic rings. The minimum atomic E-state index is -1.01. The molecule has 3 aliphatic rings. The largest absolute Gasteiger partial charge is 0.451 e. The quantitative estimate of drug-likeness (QED) is 0.102. The lowest BCUT2D eigenvalue weighted by Gasteiger charge is -2.19. The third-order valence-electron chi connectivity index (χ3n) is 9.30. The van der Waals surface area contributed by atoms with Gasteiger partial charge >= 0.3 is 5.97 Å². The van der Waals surface area contributed by atoms with Crippen LogP contribution in [-0.4, -0.2) is 34.7 Å². The van der Waals surface area contributed by atoms with E-state index in [1.165, 1.54) is 10.5 Å². The monoisotopic (exact) mass is 604 g/mol. The molecule has 44 heavy (non-hydrogen) atoms. The molecular formula is C36H29ClN2O5. The van der Waals surface area contributed by atoms with E-state index in [1.807, 2.05) is 26.0 Å². The number of ether oxygens (including phenoxy) is 1. The van der Waals surface area contributed by atoms with Crippen molar-refractivity contribution in [3.05, 3.63) is 106 Å². The van der Waals surface area contributed by atoms with Gasteiger partial charge in [0.25, 0.3) is 0 Å². The summed E-state index contributed by atoms with van der Waals surface area (Å²) in [6, 6.07) is 20.8. The van der Waals surface area contributed by atoms with Gasteiger partial charge in [0.05, 0.1) is 39.3 Å². The van der Waals surface area contributed by atoms with Crippen LogP contribution in [0.4, 0.5) is 5.69 Å². The van der Waals surface area contributed by atoms with E-state index in [1.54, 1.807) is 67.6 Å². The fraction of sp³-hybridized carbons (Fsp3) is 0.250. The molecule has 1 saturated carbocycles. The number of esters is 1. The molecule has 2 bridgehead atoms. The van der Waals surface area contributed by atoms with Crippen molar-refractivity contribution in [2.45, 2.75) is 33.3 Å². The van der Waals surface area contributed by atoms with Gasteiger partial charge in [-0.15, -0.1) is 0 Å². The molecule has 0 N–H and O–H groups in total. The molecule has 7 rings (SSSR count). The average Bonchev–Trinajstić information content (AvgIpc) is 3.66. The normalized spacial score (nSPS) is 22.7. The Balaban J connectivity index is 1.18. The van der Waals surface area contributed by atoms with Crippen LogP contribution in [0.25, 0.3) is 22.2 Å². The third kappa shape index (κ3) is 4.46. The van der Waals surface area contributed by atoms with E-state index in [0.717, 1.165) is 12.0 Å². The van der Waals surface area contributed by atoms with Crippen LogP contribution >= 0.6 is 11.6 Å². The Morgan fingerprint density at radius 1 is 0.955 bits per heavy atom. The number of aromatic nitrogens is 1. The minimum absolute atomic E-state index is 0.130. The van der Waals surface area contributed by atoms with Gasteiger partial charge in [0.2, 0.25) is 17.6 Å². The second-order valence-electron chi connectivity index (χ2n) is 12.0. The summed E-state index contributed by atoms with van der Waals surface area (Å²) >= 11 is 6.52. The maximum absolute atomic E-state index is 13.5. The van der Waals surface area contributed by atoms with Crippen molar-refractivity contribution >= 4 is 51.8 Å². The van der Waals surface area contributed by atoms with E-state index in [2.05, 4.69) is 6.08 Å². The number of aryl methyl sites for hydroxylation is 1. The standard InChI is InChI=1S/C36H29ClN2O5/c1-18-7-9-22(10-8-18)33(40)20(3)44-36(43)27-17-29(38-32-25(27)5-4-6-28(32)37)21-11-13-24(14-12-21)39-34(41)30-23-15-19(2)26(16-23)31(30)35(39)42/h4-15,17,20,23,26,30-31H,16H2,1-3H3. The number of fused-ring (bicyclic) bond motifs is 6. The lowest BCUT2D eigenvalue weighted by molar-refractivity contribution is -0.123. The summed E-state index contributed by atoms with van der Waals surface area (Å²) in [5.74, 6) is -1.55. The zero-order valence-corrected chi connectivity index (χ0v) is 25.2. The number of rotatable bonds is 6. The number of amides is 2. The maximum Gasteiger partial charge on any atom is 0.339 e. The maximum atomic E-state index is 13.5. The highest BCUT2D eigenvalue weighted by Crippen LogP contribution is 2.56.